The fourth-order valence-electron chi connectivity index (χ4n) is 0.637. The van der Waals surface area contributed by atoms with Gasteiger partial charge in [0.1, 0.15) is 5.82 Å². The maximum atomic E-state index is 12.7. The first-order valence-corrected chi connectivity index (χ1v) is 3.53. The molecule has 53 valence electrons. The van der Waals surface area contributed by atoms with Crippen molar-refractivity contribution in [2.24, 2.45) is 5.73 Å². The summed E-state index contributed by atoms with van der Waals surface area (Å²) in [5, 5.41) is 0. The Hall–Kier alpha value is -0.410. The minimum absolute atomic E-state index is 0.308. The van der Waals surface area contributed by atoms with Crippen LogP contribution in [0.1, 0.15) is 5.56 Å². The summed E-state index contributed by atoms with van der Waals surface area (Å²) < 4.78 is 13.4. The summed E-state index contributed by atoms with van der Waals surface area (Å²) in [6, 6.07) is 4.72. The highest BCUT2D eigenvalue weighted by atomic mass is 79.9. The third-order valence-corrected chi connectivity index (χ3v) is 1.64. The van der Waals surface area contributed by atoms with Crippen LogP contribution >= 0.6 is 15.9 Å². The molecule has 1 aromatic carbocycles. The summed E-state index contributed by atoms with van der Waals surface area (Å²) in [6.07, 6.45) is 0. The zero-order valence-corrected chi connectivity index (χ0v) is 6.73. The lowest BCUT2D eigenvalue weighted by atomic mass is 10.2. The van der Waals surface area contributed by atoms with Gasteiger partial charge in [0.25, 0.3) is 0 Å². The van der Waals surface area contributed by atoms with E-state index in [9.17, 15) is 4.39 Å². The number of benzene rings is 1. The third kappa shape index (κ3) is 1.55. The molecule has 0 fully saturated rings. The summed E-state index contributed by atoms with van der Waals surface area (Å²) in [5.41, 5.74) is 5.54. The molecule has 0 saturated heterocycles. The van der Waals surface area contributed by atoms with E-state index in [4.69, 9.17) is 5.73 Å². The molecule has 1 aromatic rings. The lowest BCUT2D eigenvalue weighted by Crippen LogP contribution is -1.95. The molecule has 1 radical (unpaired) electrons. The monoisotopic (exact) mass is 202 g/mol. The van der Waals surface area contributed by atoms with Gasteiger partial charge < -0.3 is 5.73 Å². The van der Waals surface area contributed by atoms with Gasteiger partial charge in [-0.3, -0.25) is 0 Å². The molecule has 0 heterocycles. The first-order valence-electron chi connectivity index (χ1n) is 2.74. The van der Waals surface area contributed by atoms with Crippen molar-refractivity contribution in [2.45, 2.75) is 0 Å². The first kappa shape index (κ1) is 7.69. The fourth-order valence-corrected chi connectivity index (χ4v) is 0.970. The fraction of sp³-hybridized carbons (Fsp3) is 0. The van der Waals surface area contributed by atoms with Gasteiger partial charge in [-0.05, 0) is 12.1 Å². The second-order valence-electron chi connectivity index (χ2n) is 1.83. The van der Waals surface area contributed by atoms with Crippen LogP contribution in [0.2, 0.25) is 0 Å². The predicted molar refractivity (Wildman–Crippen MR) is 41.7 cm³/mol. The molecule has 2 N–H and O–H groups in total. The van der Waals surface area contributed by atoms with E-state index in [1.807, 2.05) is 0 Å². The Kier molecular flexibility index (Phi) is 2.40. The highest BCUT2D eigenvalue weighted by Gasteiger charge is 1.98. The van der Waals surface area contributed by atoms with Gasteiger partial charge in [-0.25, -0.2) is 4.39 Å². The molecule has 10 heavy (non-hydrogen) atoms. The zero-order valence-electron chi connectivity index (χ0n) is 5.14. The van der Waals surface area contributed by atoms with Crippen LogP contribution in [0.3, 0.4) is 0 Å². The number of halogens is 2. The molecule has 0 bridgehead atoms. The van der Waals surface area contributed by atoms with Gasteiger partial charge in [-0.1, -0.05) is 22.0 Å². The predicted octanol–water partition coefficient (Wildman–Crippen LogP) is 2.06. The van der Waals surface area contributed by atoms with E-state index in [0.29, 0.717) is 5.56 Å². The molecule has 0 aliphatic carbocycles. The number of nitrogens with two attached hydrogens (primary N) is 1. The Labute approximate surface area is 67.2 Å². The van der Waals surface area contributed by atoms with Crippen molar-refractivity contribution < 1.29 is 4.39 Å². The number of rotatable bonds is 1. The van der Waals surface area contributed by atoms with Crippen molar-refractivity contribution in [3.05, 3.63) is 40.6 Å². The maximum Gasteiger partial charge on any atom is 0.129 e. The zero-order chi connectivity index (χ0) is 7.56. The van der Waals surface area contributed by atoms with Crippen LogP contribution in [-0.2, 0) is 0 Å². The maximum absolute atomic E-state index is 12.7. The van der Waals surface area contributed by atoms with Gasteiger partial charge in [0.15, 0.2) is 0 Å². The Bertz CT molecular complexity index is 237. The number of hydrogen-bond donors (Lipinski definition) is 1. The van der Waals surface area contributed by atoms with Crippen molar-refractivity contribution in [3.63, 3.8) is 0 Å². The van der Waals surface area contributed by atoms with Crippen LogP contribution in [0.25, 0.3) is 0 Å². The smallest absolute Gasteiger partial charge is 0.129 e. The average molecular weight is 203 g/mol. The van der Waals surface area contributed by atoms with Crippen molar-refractivity contribution in [3.8, 4) is 0 Å². The lowest BCUT2D eigenvalue weighted by molar-refractivity contribution is 0.619. The van der Waals surface area contributed by atoms with Crippen LogP contribution < -0.4 is 5.73 Å². The van der Waals surface area contributed by atoms with Gasteiger partial charge in [-0.15, -0.1) is 0 Å². The normalized spacial score (nSPS) is 9.90. The van der Waals surface area contributed by atoms with Crippen molar-refractivity contribution >= 4 is 15.9 Å². The largest absolute Gasteiger partial charge is 0.322 e. The van der Waals surface area contributed by atoms with Gasteiger partial charge in [0, 0.05) is 10.0 Å². The third-order valence-electron chi connectivity index (χ3n) is 1.14. The Morgan fingerprint density at radius 2 is 2.20 bits per heavy atom. The van der Waals surface area contributed by atoms with Crippen LogP contribution in [0, 0.1) is 12.4 Å². The first-order chi connectivity index (χ1) is 4.74. The summed E-state index contributed by atoms with van der Waals surface area (Å²) in [6.45, 7) is 1.24. The van der Waals surface area contributed by atoms with Crippen LogP contribution in [0.15, 0.2) is 22.7 Å². The molecule has 1 nitrogen and oxygen atoms in total. The van der Waals surface area contributed by atoms with Crippen LogP contribution in [0.5, 0.6) is 0 Å². The second-order valence-corrected chi connectivity index (χ2v) is 2.75. The molecule has 0 aliphatic heterocycles. The molecular weight excluding hydrogens is 197 g/mol. The van der Waals surface area contributed by atoms with Gasteiger partial charge in [-0.2, -0.15) is 0 Å². The summed E-state index contributed by atoms with van der Waals surface area (Å²) >= 11 is 3.13. The SMILES string of the molecule is N[CH]c1ccc(Br)cc1F. The van der Waals surface area contributed by atoms with E-state index in [1.54, 1.807) is 12.1 Å². The van der Waals surface area contributed by atoms with E-state index in [2.05, 4.69) is 15.9 Å². The molecular formula is C7H6BrFN. The molecule has 0 aromatic heterocycles. The highest BCUT2D eigenvalue weighted by Crippen LogP contribution is 2.14. The standard InChI is InChI=1S/C7H6BrFN/c8-6-2-1-5(4-10)7(9)3-6/h1-4H,10H2. The molecule has 3 heteroatoms. The summed E-state index contributed by atoms with van der Waals surface area (Å²) in [4.78, 5) is 0. The van der Waals surface area contributed by atoms with E-state index in [1.165, 1.54) is 12.6 Å². The highest BCUT2D eigenvalue weighted by molar-refractivity contribution is 9.10. The Morgan fingerprint density at radius 1 is 1.50 bits per heavy atom. The topological polar surface area (TPSA) is 26.0 Å². The molecule has 1 rings (SSSR count). The second kappa shape index (κ2) is 3.12. The van der Waals surface area contributed by atoms with Crippen molar-refractivity contribution in [2.75, 3.05) is 0 Å². The van der Waals surface area contributed by atoms with Gasteiger partial charge in [0.05, 0.1) is 6.54 Å². The van der Waals surface area contributed by atoms with Crippen molar-refractivity contribution in [1.82, 2.24) is 0 Å². The minimum Gasteiger partial charge on any atom is -0.322 e. The van der Waals surface area contributed by atoms with E-state index >= 15 is 0 Å². The molecule has 0 spiro atoms. The molecule has 0 aliphatic rings. The minimum atomic E-state index is -0.308. The van der Waals surface area contributed by atoms with Crippen LogP contribution in [0.4, 0.5) is 4.39 Å². The number of hydrogen-bond acceptors (Lipinski definition) is 1. The quantitative estimate of drug-likeness (QED) is 0.742. The van der Waals surface area contributed by atoms with Crippen LogP contribution in [-0.4, -0.2) is 0 Å². The molecule has 0 atom stereocenters. The van der Waals surface area contributed by atoms with E-state index in [-0.39, 0.29) is 5.82 Å². The molecule has 0 saturated carbocycles. The Morgan fingerprint density at radius 3 is 2.70 bits per heavy atom. The van der Waals surface area contributed by atoms with Gasteiger partial charge in [0.2, 0.25) is 0 Å². The van der Waals surface area contributed by atoms with Crippen molar-refractivity contribution in [1.29, 1.82) is 0 Å². The Balaban J connectivity index is 3.07. The van der Waals surface area contributed by atoms with E-state index in [0.717, 1.165) is 4.47 Å². The molecule has 0 amide bonds. The van der Waals surface area contributed by atoms with Gasteiger partial charge >= 0.3 is 0 Å². The molecule has 0 unspecified atom stereocenters. The lowest BCUT2D eigenvalue weighted by Gasteiger charge is -1.97. The summed E-state index contributed by atoms with van der Waals surface area (Å²) in [7, 11) is 0. The average Bonchev–Trinajstić information content (AvgIpc) is 1.88. The summed E-state index contributed by atoms with van der Waals surface area (Å²) in [5.74, 6) is -0.308. The van der Waals surface area contributed by atoms with E-state index < -0.39 is 0 Å².